The minimum absolute atomic E-state index is 0.0525. The van der Waals surface area contributed by atoms with Gasteiger partial charge in [0.15, 0.2) is 0 Å². The van der Waals surface area contributed by atoms with Crippen molar-refractivity contribution in [1.29, 1.82) is 0 Å². The number of hydrogen-bond donors (Lipinski definition) is 0. The van der Waals surface area contributed by atoms with Crippen LogP contribution in [0.2, 0.25) is 0 Å². The maximum atomic E-state index is 11.8. The summed E-state index contributed by atoms with van der Waals surface area (Å²) in [5.41, 5.74) is 1.91. The number of aromatic nitrogens is 2. The quantitative estimate of drug-likeness (QED) is 0.741. The van der Waals surface area contributed by atoms with E-state index in [2.05, 4.69) is 10.9 Å². The number of carbonyl (C=O) groups is 1. The molecule has 90 valence electrons. The molecule has 0 aromatic carbocycles. The Morgan fingerprint density at radius 1 is 1.50 bits per heavy atom. The number of hydrogen-bond acceptors (Lipinski definition) is 2. The first-order valence-corrected chi connectivity index (χ1v) is 5.93. The van der Waals surface area contributed by atoms with Crippen molar-refractivity contribution in [2.75, 3.05) is 6.54 Å². The van der Waals surface area contributed by atoms with Gasteiger partial charge in [0.1, 0.15) is 5.65 Å². The Kier molecular flexibility index (Phi) is 2.52. The molecular weight excluding hydrogens is 226 g/mol. The predicted octanol–water partition coefficient (Wildman–Crippen LogP) is 1.32. The van der Waals surface area contributed by atoms with E-state index < -0.39 is 0 Å². The van der Waals surface area contributed by atoms with Gasteiger partial charge in [0, 0.05) is 25.1 Å². The fourth-order valence-corrected chi connectivity index (χ4v) is 2.33. The zero-order valence-corrected chi connectivity index (χ0v) is 9.91. The normalized spacial score (nSPS) is 19.4. The molecule has 0 N–H and O–H groups in total. The molecule has 0 aliphatic carbocycles. The lowest BCUT2D eigenvalue weighted by atomic mass is 10.1. The highest BCUT2D eigenvalue weighted by Gasteiger charge is 2.28. The largest absolute Gasteiger partial charge is 0.336 e. The minimum atomic E-state index is 0.0525. The fourth-order valence-electron chi connectivity index (χ4n) is 2.33. The number of nitrogens with zero attached hydrogens (tertiary/aromatic N) is 3. The third-order valence-electron chi connectivity index (χ3n) is 3.30. The molecule has 18 heavy (non-hydrogen) atoms. The third-order valence-corrected chi connectivity index (χ3v) is 3.30. The van der Waals surface area contributed by atoms with Crippen molar-refractivity contribution in [2.45, 2.75) is 13.0 Å². The molecular formula is C14H13N3O. The van der Waals surface area contributed by atoms with Crippen LogP contribution in [0.3, 0.4) is 0 Å². The topological polar surface area (TPSA) is 37.6 Å². The van der Waals surface area contributed by atoms with E-state index in [1.54, 1.807) is 4.90 Å². The number of fused-ring (bicyclic) bond motifs is 1. The van der Waals surface area contributed by atoms with Crippen LogP contribution in [-0.4, -0.2) is 26.7 Å². The van der Waals surface area contributed by atoms with Crippen LogP contribution in [0.25, 0.3) is 5.65 Å². The van der Waals surface area contributed by atoms with E-state index in [9.17, 15) is 4.79 Å². The summed E-state index contributed by atoms with van der Waals surface area (Å²) >= 11 is 0. The van der Waals surface area contributed by atoms with E-state index in [-0.39, 0.29) is 11.8 Å². The molecule has 0 spiro atoms. The van der Waals surface area contributed by atoms with Crippen LogP contribution in [0.1, 0.15) is 12.1 Å². The number of amides is 1. The monoisotopic (exact) mass is 239 g/mol. The number of imidazole rings is 1. The van der Waals surface area contributed by atoms with E-state index in [0.717, 1.165) is 11.3 Å². The molecule has 1 unspecified atom stereocenters. The van der Waals surface area contributed by atoms with Crippen molar-refractivity contribution in [1.82, 2.24) is 14.3 Å². The average molecular weight is 239 g/mol. The van der Waals surface area contributed by atoms with Gasteiger partial charge in [-0.3, -0.25) is 4.79 Å². The van der Waals surface area contributed by atoms with E-state index in [4.69, 9.17) is 6.42 Å². The van der Waals surface area contributed by atoms with Gasteiger partial charge in [-0.25, -0.2) is 4.98 Å². The van der Waals surface area contributed by atoms with E-state index >= 15 is 0 Å². The second-order valence-corrected chi connectivity index (χ2v) is 4.52. The highest BCUT2D eigenvalue weighted by Crippen LogP contribution is 2.19. The van der Waals surface area contributed by atoms with Gasteiger partial charge < -0.3 is 9.30 Å². The van der Waals surface area contributed by atoms with Crippen LogP contribution >= 0.6 is 0 Å². The third kappa shape index (κ3) is 1.74. The van der Waals surface area contributed by atoms with Gasteiger partial charge in [0.25, 0.3) is 0 Å². The smallest absolute Gasteiger partial charge is 0.224 e. The molecule has 1 amide bonds. The molecule has 4 heteroatoms. The van der Waals surface area contributed by atoms with E-state index in [1.807, 2.05) is 35.0 Å². The molecule has 1 atom stereocenters. The number of rotatable bonds is 2. The molecule has 1 aliphatic heterocycles. The van der Waals surface area contributed by atoms with Crippen LogP contribution in [-0.2, 0) is 11.3 Å². The minimum Gasteiger partial charge on any atom is -0.336 e. The van der Waals surface area contributed by atoms with Crippen molar-refractivity contribution in [3.05, 3.63) is 36.3 Å². The van der Waals surface area contributed by atoms with Crippen LogP contribution in [0, 0.1) is 18.3 Å². The summed E-state index contributed by atoms with van der Waals surface area (Å²) < 4.78 is 2.00. The van der Waals surface area contributed by atoms with E-state index in [1.165, 1.54) is 0 Å². The number of carbonyl (C=O) groups excluding carboxylic acids is 1. The summed E-state index contributed by atoms with van der Waals surface area (Å²) in [7, 11) is 0. The number of likely N-dealkylation sites (tertiary alicyclic amines) is 1. The highest BCUT2D eigenvalue weighted by molar-refractivity contribution is 5.79. The van der Waals surface area contributed by atoms with Crippen molar-refractivity contribution in [3.8, 4) is 12.3 Å². The summed E-state index contributed by atoms with van der Waals surface area (Å²) in [5, 5.41) is 0. The first-order chi connectivity index (χ1) is 8.78. The van der Waals surface area contributed by atoms with Gasteiger partial charge in [-0.05, 0) is 12.1 Å². The zero-order chi connectivity index (χ0) is 12.5. The van der Waals surface area contributed by atoms with Gasteiger partial charge in [-0.1, -0.05) is 6.07 Å². The molecule has 0 saturated carbocycles. The van der Waals surface area contributed by atoms with Crippen molar-refractivity contribution < 1.29 is 4.79 Å². The molecule has 0 bridgehead atoms. The van der Waals surface area contributed by atoms with Crippen LogP contribution in [0.4, 0.5) is 0 Å². The maximum absolute atomic E-state index is 11.8. The summed E-state index contributed by atoms with van der Waals surface area (Å²) in [6, 6.07) is 5.84. The fraction of sp³-hybridized carbons (Fsp3) is 0.286. The molecule has 3 rings (SSSR count). The van der Waals surface area contributed by atoms with Crippen molar-refractivity contribution >= 4 is 11.6 Å². The Labute approximate surface area is 105 Å². The number of pyridine rings is 1. The van der Waals surface area contributed by atoms with Crippen LogP contribution in [0.5, 0.6) is 0 Å². The Balaban J connectivity index is 1.85. The van der Waals surface area contributed by atoms with Crippen LogP contribution < -0.4 is 0 Å². The van der Waals surface area contributed by atoms with Crippen molar-refractivity contribution in [2.24, 2.45) is 5.92 Å². The highest BCUT2D eigenvalue weighted by atomic mass is 16.2. The first kappa shape index (κ1) is 10.8. The maximum Gasteiger partial charge on any atom is 0.224 e. The molecule has 2 aromatic heterocycles. The molecule has 3 heterocycles. The summed E-state index contributed by atoms with van der Waals surface area (Å²) in [4.78, 5) is 17.9. The molecule has 1 saturated heterocycles. The van der Waals surface area contributed by atoms with Gasteiger partial charge in [-0.2, -0.15) is 0 Å². The standard InChI is InChI=1S/C14H13N3O/c1-2-11-7-14(18)16(9-11)10-12-8-15-13-5-3-4-6-17(12)13/h1,3-6,8,11H,7,9-10H2. The molecule has 2 aromatic rings. The van der Waals surface area contributed by atoms with Crippen LogP contribution in [0.15, 0.2) is 30.6 Å². The predicted molar refractivity (Wildman–Crippen MR) is 67.5 cm³/mol. The zero-order valence-electron chi connectivity index (χ0n) is 9.91. The lowest BCUT2D eigenvalue weighted by molar-refractivity contribution is -0.128. The Morgan fingerprint density at radius 2 is 2.39 bits per heavy atom. The van der Waals surface area contributed by atoms with E-state index in [0.29, 0.717) is 19.5 Å². The lowest BCUT2D eigenvalue weighted by Crippen LogP contribution is -2.25. The van der Waals surface area contributed by atoms with Gasteiger partial charge in [0.2, 0.25) is 5.91 Å². The number of terminal acetylenes is 1. The first-order valence-electron chi connectivity index (χ1n) is 5.93. The Bertz CT molecular complexity index is 638. The summed E-state index contributed by atoms with van der Waals surface area (Å²) in [6.07, 6.45) is 9.61. The molecule has 1 fully saturated rings. The molecule has 1 aliphatic rings. The summed E-state index contributed by atoms with van der Waals surface area (Å²) in [5.74, 6) is 2.84. The van der Waals surface area contributed by atoms with Crippen molar-refractivity contribution in [3.63, 3.8) is 0 Å². The average Bonchev–Trinajstić information content (AvgIpc) is 2.95. The Hall–Kier alpha value is -2.28. The second-order valence-electron chi connectivity index (χ2n) is 4.52. The lowest BCUT2D eigenvalue weighted by Gasteiger charge is -2.15. The van der Waals surface area contributed by atoms with Gasteiger partial charge in [0.05, 0.1) is 18.4 Å². The molecule has 4 nitrogen and oxygen atoms in total. The van der Waals surface area contributed by atoms with Gasteiger partial charge >= 0.3 is 0 Å². The SMILES string of the molecule is C#CC1CC(=O)N(Cc2cnc3ccccn23)C1. The summed E-state index contributed by atoms with van der Waals surface area (Å²) in [6.45, 7) is 1.22. The second kappa shape index (κ2) is 4.19. The van der Waals surface area contributed by atoms with Gasteiger partial charge in [-0.15, -0.1) is 12.3 Å². The Morgan fingerprint density at radius 3 is 3.17 bits per heavy atom. The molecule has 0 radical (unpaired) electrons.